The van der Waals surface area contributed by atoms with Gasteiger partial charge in [0.1, 0.15) is 18.1 Å². The SMILES string of the molecule is C=I1=Nc2cc(C(=O)CC3CCC(C4CCN(C(=O)OCc5cc(O)cc(O)c5)CC4)CC3)ccc2N1. The molecule has 8 nitrogen and oxygen atoms in total. The highest BCUT2D eigenvalue weighted by molar-refractivity contribution is 14.2. The van der Waals surface area contributed by atoms with Crippen LogP contribution in [0.25, 0.3) is 0 Å². The van der Waals surface area contributed by atoms with Crippen LogP contribution in [0.4, 0.5) is 16.2 Å². The van der Waals surface area contributed by atoms with Gasteiger partial charge in [-0.1, -0.05) is 0 Å². The normalized spacial score (nSPS) is 22.1. The van der Waals surface area contributed by atoms with Crippen LogP contribution in [0, 0.1) is 17.8 Å². The number of Topliss-reactive ketones (excluding diaryl/α,β-unsaturated/α-hetero) is 1. The molecule has 2 fully saturated rings. The van der Waals surface area contributed by atoms with Crippen LogP contribution in [0.5, 0.6) is 11.5 Å². The van der Waals surface area contributed by atoms with E-state index in [4.69, 9.17) is 4.74 Å². The summed E-state index contributed by atoms with van der Waals surface area (Å²) in [5.41, 5.74) is 3.21. The molecule has 37 heavy (non-hydrogen) atoms. The summed E-state index contributed by atoms with van der Waals surface area (Å²) in [7, 11) is 0. The van der Waals surface area contributed by atoms with E-state index in [1.165, 1.54) is 18.2 Å². The first-order valence-electron chi connectivity index (χ1n) is 12.9. The molecule has 1 saturated heterocycles. The van der Waals surface area contributed by atoms with Crippen molar-refractivity contribution in [3.63, 3.8) is 0 Å². The topological polar surface area (TPSA) is 111 Å². The number of hydrogen-bond donors (Lipinski definition) is 3. The number of phenols is 2. The number of anilines is 1. The molecule has 2 aliphatic heterocycles. The number of phenolic OH excluding ortho intramolecular Hbond substituents is 2. The Bertz CT molecular complexity index is 1240. The van der Waals surface area contributed by atoms with Crippen molar-refractivity contribution in [2.75, 3.05) is 16.6 Å². The summed E-state index contributed by atoms with van der Waals surface area (Å²) in [6.45, 7) is 1.38. The van der Waals surface area contributed by atoms with Gasteiger partial charge < -0.3 is 23.4 Å². The smallest absolute Gasteiger partial charge is 0.410 e. The second-order valence-electron chi connectivity index (χ2n) is 10.4. The average molecular weight is 620 g/mol. The zero-order valence-corrected chi connectivity index (χ0v) is 23.0. The van der Waals surface area contributed by atoms with Gasteiger partial charge in [-0.15, -0.1) is 0 Å². The molecule has 5 rings (SSSR count). The lowest BCUT2D eigenvalue weighted by Gasteiger charge is -2.38. The molecule has 2 aromatic carbocycles. The van der Waals surface area contributed by atoms with Crippen molar-refractivity contribution in [3.8, 4) is 11.5 Å². The molecule has 0 bridgehead atoms. The third kappa shape index (κ3) is 6.37. The molecule has 0 radical (unpaired) electrons. The maximum absolute atomic E-state index is 12.9. The van der Waals surface area contributed by atoms with Crippen LogP contribution >= 0.6 is 19.4 Å². The molecular formula is C28H34IN3O5. The average Bonchev–Trinajstić information content (AvgIpc) is 3.26. The van der Waals surface area contributed by atoms with Gasteiger partial charge in [-0.3, -0.25) is 4.79 Å². The minimum Gasteiger partial charge on any atom is -0.508 e. The molecule has 3 aliphatic rings. The highest BCUT2D eigenvalue weighted by Gasteiger charge is 2.32. The molecule has 0 atom stereocenters. The Morgan fingerprint density at radius 3 is 2.38 bits per heavy atom. The molecule has 1 aliphatic carbocycles. The van der Waals surface area contributed by atoms with Crippen molar-refractivity contribution in [3.05, 3.63) is 47.5 Å². The number of halogens is 1. The van der Waals surface area contributed by atoms with E-state index in [0.29, 0.717) is 42.8 Å². The number of aromatic hydroxyl groups is 2. The number of ether oxygens (including phenoxy) is 1. The molecule has 3 N–H and O–H groups in total. The maximum atomic E-state index is 12.9. The van der Waals surface area contributed by atoms with Crippen LogP contribution in [0.3, 0.4) is 0 Å². The highest BCUT2D eigenvalue weighted by Crippen LogP contribution is 2.41. The van der Waals surface area contributed by atoms with Gasteiger partial charge >= 0.3 is 6.09 Å². The summed E-state index contributed by atoms with van der Waals surface area (Å²) in [4.78, 5) is 27.2. The first kappa shape index (κ1) is 25.8. The Morgan fingerprint density at radius 1 is 1.00 bits per heavy atom. The Morgan fingerprint density at radius 2 is 1.68 bits per heavy atom. The first-order valence-corrected chi connectivity index (χ1v) is 16.5. The number of nitrogens with one attached hydrogen (secondary N) is 1. The number of fused-ring (bicyclic) bond motifs is 1. The van der Waals surface area contributed by atoms with Crippen LogP contribution in [0.1, 0.15) is 60.9 Å². The molecule has 2 heterocycles. The van der Waals surface area contributed by atoms with E-state index < -0.39 is 19.4 Å². The quantitative estimate of drug-likeness (QED) is 0.191. The lowest BCUT2D eigenvalue weighted by Crippen LogP contribution is -2.40. The highest BCUT2D eigenvalue weighted by atomic mass is 127. The van der Waals surface area contributed by atoms with Gasteiger partial charge in [0.05, 0.1) is 11.4 Å². The lowest BCUT2D eigenvalue weighted by molar-refractivity contribution is 0.0685. The van der Waals surface area contributed by atoms with Crippen molar-refractivity contribution < 1.29 is 24.5 Å². The maximum Gasteiger partial charge on any atom is 0.410 e. The summed E-state index contributed by atoms with van der Waals surface area (Å²) >= 11 is -1.68. The number of benzene rings is 2. The van der Waals surface area contributed by atoms with Gasteiger partial charge in [0, 0.05) is 50.6 Å². The third-order valence-electron chi connectivity index (χ3n) is 7.88. The molecular weight excluding hydrogens is 585 g/mol. The van der Waals surface area contributed by atoms with Gasteiger partial charge in [0.25, 0.3) is 0 Å². The Hall–Kier alpha value is -2.82. The fourth-order valence-corrected chi connectivity index (χ4v) is 8.15. The zero-order valence-electron chi connectivity index (χ0n) is 20.9. The van der Waals surface area contributed by atoms with Crippen LogP contribution < -0.4 is 3.53 Å². The van der Waals surface area contributed by atoms with Crippen LogP contribution in [0.15, 0.2) is 39.5 Å². The number of nitrogens with zero attached hydrogens (tertiary/aromatic N) is 2. The number of carbonyl (C=O) groups is 2. The first-order chi connectivity index (χ1) is 17.8. The Kier molecular flexibility index (Phi) is 7.87. The second kappa shape index (κ2) is 11.3. The second-order valence-corrected chi connectivity index (χ2v) is 13.3. The van der Waals surface area contributed by atoms with Gasteiger partial charge in [-0.05, 0) is 96.7 Å². The lowest BCUT2D eigenvalue weighted by atomic mass is 9.71. The summed E-state index contributed by atoms with van der Waals surface area (Å²) in [6, 6.07) is 9.99. The molecule has 0 aromatic heterocycles. The summed E-state index contributed by atoms with van der Waals surface area (Å²) in [5.74, 6) is 1.80. The molecule has 1 amide bonds. The molecule has 2 aromatic rings. The minimum atomic E-state index is -1.68. The van der Waals surface area contributed by atoms with E-state index in [1.807, 2.05) is 18.2 Å². The van der Waals surface area contributed by atoms with E-state index in [0.717, 1.165) is 55.5 Å². The van der Waals surface area contributed by atoms with Gasteiger partial charge in [-0.25, -0.2) is 7.94 Å². The van der Waals surface area contributed by atoms with Gasteiger partial charge in [-0.2, -0.15) is 0 Å². The summed E-state index contributed by atoms with van der Waals surface area (Å²) in [5, 5.41) is 19.2. The van der Waals surface area contributed by atoms with E-state index >= 15 is 0 Å². The Labute approximate surface area is 224 Å². The number of ketones is 1. The van der Waals surface area contributed by atoms with E-state index in [1.54, 1.807) is 4.90 Å². The zero-order chi connectivity index (χ0) is 25.9. The molecule has 1 saturated carbocycles. The number of carbonyl (C=O) groups excluding carboxylic acids is 2. The Balaban J connectivity index is 1.04. The summed E-state index contributed by atoms with van der Waals surface area (Å²) in [6.07, 6.45) is 6.65. The fourth-order valence-electron chi connectivity index (χ4n) is 5.88. The number of rotatable bonds is 6. The van der Waals surface area contributed by atoms with E-state index in [-0.39, 0.29) is 30.0 Å². The summed E-state index contributed by atoms with van der Waals surface area (Å²) < 4.78 is 17.4. The number of piperidine rings is 1. The predicted octanol–water partition coefficient (Wildman–Crippen LogP) is 6.62. The van der Waals surface area contributed by atoms with E-state index in [2.05, 4.69) is 11.2 Å². The van der Waals surface area contributed by atoms with Crippen molar-refractivity contribution in [2.45, 2.75) is 51.6 Å². The molecule has 9 heteroatoms. The number of likely N-dealkylation sites (tertiary alicyclic amines) is 1. The molecule has 198 valence electrons. The molecule has 0 unspecified atom stereocenters. The predicted molar refractivity (Wildman–Crippen MR) is 152 cm³/mol. The minimum absolute atomic E-state index is 0.0127. The van der Waals surface area contributed by atoms with Crippen molar-refractivity contribution in [1.82, 2.24) is 4.90 Å². The monoisotopic (exact) mass is 619 g/mol. The van der Waals surface area contributed by atoms with Crippen LogP contribution in [-0.4, -0.2) is 44.6 Å². The van der Waals surface area contributed by atoms with Gasteiger partial charge in [0.15, 0.2) is 5.78 Å². The van der Waals surface area contributed by atoms with Crippen molar-refractivity contribution >= 4 is 47.2 Å². The fraction of sp³-hybridized carbons (Fsp3) is 0.464. The van der Waals surface area contributed by atoms with Crippen molar-refractivity contribution in [1.29, 1.82) is 0 Å². The number of hydrogen-bond acceptors (Lipinski definition) is 7. The number of amides is 1. The van der Waals surface area contributed by atoms with Crippen LogP contribution in [-0.2, 0) is 11.3 Å². The van der Waals surface area contributed by atoms with Crippen molar-refractivity contribution in [2.24, 2.45) is 20.9 Å². The van der Waals surface area contributed by atoms with E-state index in [9.17, 15) is 19.8 Å². The largest absolute Gasteiger partial charge is 0.508 e. The van der Waals surface area contributed by atoms with Gasteiger partial charge in [0.2, 0.25) is 0 Å². The third-order valence-corrected chi connectivity index (χ3v) is 10.2. The molecule has 0 spiro atoms. The standard InChI is InChI=1S/C28H34IN3O5/c1-29-30-25-7-6-22(15-26(25)31-29)27(35)14-18-2-4-20(5-3-18)21-8-10-32(11-9-21)28(36)37-17-19-12-23(33)16-24(34)13-19/h6-7,12-13,15-16,18,20-21,33-34H,1-5,8-11,14,17H2,(H,30,31). The van der Waals surface area contributed by atoms with Crippen LogP contribution in [0.2, 0.25) is 0 Å².